The highest BCUT2D eigenvalue weighted by atomic mass is 32.2. The van der Waals surface area contributed by atoms with E-state index in [0.29, 0.717) is 35.8 Å². The number of furan rings is 1. The van der Waals surface area contributed by atoms with Gasteiger partial charge in [-0.15, -0.1) is 0 Å². The summed E-state index contributed by atoms with van der Waals surface area (Å²) in [7, 11) is -3.07. The highest BCUT2D eigenvalue weighted by Gasteiger charge is 2.34. The van der Waals surface area contributed by atoms with Gasteiger partial charge in [0, 0.05) is 18.1 Å². The standard InChI is InChI=1S/C15H16O5S/c1-21(17,18)11-7-6-10(8-11)20-15(16)13-9-19-14-5-3-2-4-12(13)14/h2-5,9-11H,6-8H2,1H3. The maximum absolute atomic E-state index is 12.2. The zero-order valence-corrected chi connectivity index (χ0v) is 12.4. The molecule has 0 saturated heterocycles. The second-order valence-electron chi connectivity index (χ2n) is 5.44. The first-order chi connectivity index (χ1) is 9.95. The Morgan fingerprint density at radius 3 is 2.76 bits per heavy atom. The monoisotopic (exact) mass is 308 g/mol. The number of hydrogen-bond donors (Lipinski definition) is 0. The molecular formula is C15H16O5S. The van der Waals surface area contributed by atoms with Crippen LogP contribution in [0, 0.1) is 0 Å². The smallest absolute Gasteiger partial charge is 0.342 e. The van der Waals surface area contributed by atoms with Crippen LogP contribution in [0.3, 0.4) is 0 Å². The van der Waals surface area contributed by atoms with Crippen LogP contribution >= 0.6 is 0 Å². The van der Waals surface area contributed by atoms with E-state index in [2.05, 4.69) is 0 Å². The topological polar surface area (TPSA) is 73.6 Å². The molecule has 1 fully saturated rings. The molecule has 6 heteroatoms. The summed E-state index contributed by atoms with van der Waals surface area (Å²) in [5.74, 6) is -0.459. The molecule has 0 N–H and O–H groups in total. The number of sulfone groups is 1. The summed E-state index contributed by atoms with van der Waals surface area (Å²) in [5.41, 5.74) is 1.01. The first kappa shape index (κ1) is 14.1. The number of para-hydroxylation sites is 1. The van der Waals surface area contributed by atoms with Gasteiger partial charge in [-0.2, -0.15) is 0 Å². The number of benzene rings is 1. The fourth-order valence-electron chi connectivity index (χ4n) is 2.75. The van der Waals surface area contributed by atoms with Crippen molar-refractivity contribution in [3.05, 3.63) is 36.1 Å². The molecule has 0 bridgehead atoms. The highest BCUT2D eigenvalue weighted by molar-refractivity contribution is 7.91. The quantitative estimate of drug-likeness (QED) is 0.815. The molecular weight excluding hydrogens is 292 g/mol. The van der Waals surface area contributed by atoms with Gasteiger partial charge in [-0.3, -0.25) is 0 Å². The summed E-state index contributed by atoms with van der Waals surface area (Å²) >= 11 is 0. The molecule has 21 heavy (non-hydrogen) atoms. The molecule has 5 nitrogen and oxygen atoms in total. The summed E-state index contributed by atoms with van der Waals surface area (Å²) in [4.78, 5) is 12.2. The van der Waals surface area contributed by atoms with E-state index >= 15 is 0 Å². The number of ether oxygens (including phenoxy) is 1. The molecule has 0 aliphatic heterocycles. The van der Waals surface area contributed by atoms with Crippen molar-refractivity contribution in [3.8, 4) is 0 Å². The van der Waals surface area contributed by atoms with Gasteiger partial charge in [0.05, 0.1) is 5.25 Å². The number of carbonyl (C=O) groups excluding carboxylic acids is 1. The Morgan fingerprint density at radius 2 is 2.05 bits per heavy atom. The maximum atomic E-state index is 12.2. The second kappa shape index (κ2) is 5.18. The van der Waals surface area contributed by atoms with E-state index in [-0.39, 0.29) is 6.10 Å². The second-order valence-corrected chi connectivity index (χ2v) is 7.76. The SMILES string of the molecule is CS(=O)(=O)C1CCC(OC(=O)c2coc3ccccc23)C1. The lowest BCUT2D eigenvalue weighted by Gasteiger charge is -2.11. The highest BCUT2D eigenvalue weighted by Crippen LogP contribution is 2.29. The van der Waals surface area contributed by atoms with Crippen LogP contribution in [0.2, 0.25) is 0 Å². The van der Waals surface area contributed by atoms with Gasteiger partial charge < -0.3 is 9.15 Å². The number of carbonyl (C=O) groups is 1. The van der Waals surface area contributed by atoms with Crippen LogP contribution in [0.15, 0.2) is 34.9 Å². The molecule has 1 saturated carbocycles. The molecule has 1 aromatic carbocycles. The van der Waals surface area contributed by atoms with Crippen molar-refractivity contribution in [2.75, 3.05) is 6.26 Å². The van der Waals surface area contributed by atoms with E-state index in [0.717, 1.165) is 0 Å². The summed E-state index contributed by atoms with van der Waals surface area (Å²) in [6.07, 6.45) is 3.77. The third-order valence-corrected chi connectivity index (χ3v) is 5.56. The number of fused-ring (bicyclic) bond motifs is 1. The first-order valence-electron chi connectivity index (χ1n) is 6.81. The van der Waals surface area contributed by atoms with Crippen LogP contribution in [-0.2, 0) is 14.6 Å². The minimum atomic E-state index is -3.07. The van der Waals surface area contributed by atoms with Crippen molar-refractivity contribution >= 4 is 26.8 Å². The molecule has 1 aliphatic carbocycles. The third kappa shape index (κ3) is 2.81. The van der Waals surface area contributed by atoms with E-state index in [9.17, 15) is 13.2 Å². The zero-order chi connectivity index (χ0) is 15.0. The summed E-state index contributed by atoms with van der Waals surface area (Å²) < 4.78 is 33.8. The lowest BCUT2D eigenvalue weighted by molar-refractivity contribution is 0.0319. The molecule has 112 valence electrons. The Labute approximate surface area is 122 Å². The van der Waals surface area contributed by atoms with Gasteiger partial charge in [-0.05, 0) is 18.9 Å². The summed E-state index contributed by atoms with van der Waals surface area (Å²) in [6.45, 7) is 0. The van der Waals surface area contributed by atoms with Crippen LogP contribution < -0.4 is 0 Å². The van der Waals surface area contributed by atoms with E-state index in [1.165, 1.54) is 12.5 Å². The minimum Gasteiger partial charge on any atom is -0.463 e. The van der Waals surface area contributed by atoms with Crippen LogP contribution in [0.1, 0.15) is 29.6 Å². The summed E-state index contributed by atoms with van der Waals surface area (Å²) in [5, 5.41) is 0.302. The van der Waals surface area contributed by atoms with Crippen LogP contribution in [0.4, 0.5) is 0 Å². The lowest BCUT2D eigenvalue weighted by Crippen LogP contribution is -2.20. The average Bonchev–Trinajstić information content (AvgIpc) is 3.03. The minimum absolute atomic E-state index is 0.342. The van der Waals surface area contributed by atoms with Crippen molar-refractivity contribution in [1.29, 1.82) is 0 Å². The van der Waals surface area contributed by atoms with Gasteiger partial charge >= 0.3 is 5.97 Å². The maximum Gasteiger partial charge on any atom is 0.342 e. The van der Waals surface area contributed by atoms with Crippen molar-refractivity contribution in [2.24, 2.45) is 0 Å². The largest absolute Gasteiger partial charge is 0.463 e. The van der Waals surface area contributed by atoms with Crippen molar-refractivity contribution in [1.82, 2.24) is 0 Å². The Kier molecular flexibility index (Phi) is 3.49. The molecule has 0 spiro atoms. The Balaban J connectivity index is 1.73. The van der Waals surface area contributed by atoms with E-state index in [1.807, 2.05) is 12.1 Å². The van der Waals surface area contributed by atoms with Crippen molar-refractivity contribution in [3.63, 3.8) is 0 Å². The van der Waals surface area contributed by atoms with Crippen LogP contribution in [0.5, 0.6) is 0 Å². The van der Waals surface area contributed by atoms with Gasteiger partial charge in [0.2, 0.25) is 0 Å². The molecule has 0 radical (unpaired) electrons. The lowest BCUT2D eigenvalue weighted by atomic mass is 10.2. The average molecular weight is 308 g/mol. The number of rotatable bonds is 3. The van der Waals surface area contributed by atoms with E-state index in [1.54, 1.807) is 12.1 Å². The Hall–Kier alpha value is -1.82. The Morgan fingerprint density at radius 1 is 1.29 bits per heavy atom. The van der Waals surface area contributed by atoms with Crippen LogP contribution in [0.25, 0.3) is 11.0 Å². The molecule has 1 aromatic heterocycles. The normalized spacial score (nSPS) is 22.5. The molecule has 1 aliphatic rings. The molecule has 3 rings (SSSR count). The van der Waals surface area contributed by atoms with Gasteiger partial charge in [-0.1, -0.05) is 18.2 Å². The number of hydrogen-bond acceptors (Lipinski definition) is 5. The van der Waals surface area contributed by atoms with Gasteiger partial charge in [0.1, 0.15) is 33.4 Å². The summed E-state index contributed by atoms with van der Waals surface area (Å²) in [6, 6.07) is 7.23. The van der Waals surface area contributed by atoms with Gasteiger partial charge in [0.25, 0.3) is 0 Å². The Bertz CT molecular complexity index is 774. The van der Waals surface area contributed by atoms with Gasteiger partial charge in [-0.25, -0.2) is 13.2 Å². The number of esters is 1. The molecule has 2 atom stereocenters. The molecule has 2 aromatic rings. The van der Waals surface area contributed by atoms with Crippen molar-refractivity contribution in [2.45, 2.75) is 30.6 Å². The van der Waals surface area contributed by atoms with Crippen LogP contribution in [-0.4, -0.2) is 32.0 Å². The molecule has 2 unspecified atom stereocenters. The zero-order valence-electron chi connectivity index (χ0n) is 11.6. The predicted octanol–water partition coefficient (Wildman–Crippen LogP) is 2.56. The van der Waals surface area contributed by atoms with E-state index in [4.69, 9.17) is 9.15 Å². The predicted molar refractivity (Wildman–Crippen MR) is 77.9 cm³/mol. The van der Waals surface area contributed by atoms with Gasteiger partial charge in [0.15, 0.2) is 0 Å². The van der Waals surface area contributed by atoms with Crippen molar-refractivity contribution < 1.29 is 22.4 Å². The first-order valence-corrected chi connectivity index (χ1v) is 8.76. The molecule has 0 amide bonds. The van der Waals surface area contributed by atoms with E-state index < -0.39 is 21.1 Å². The fourth-order valence-corrected chi connectivity index (χ4v) is 3.88. The molecule has 1 heterocycles. The third-order valence-electron chi connectivity index (χ3n) is 3.92. The fraction of sp³-hybridized carbons (Fsp3) is 0.400.